The van der Waals surface area contributed by atoms with Gasteiger partial charge in [0.1, 0.15) is 17.3 Å². The van der Waals surface area contributed by atoms with Gasteiger partial charge in [0.15, 0.2) is 11.5 Å². The fraction of sp³-hybridized carbons (Fsp3) is 0.188. The molecule has 0 bridgehead atoms. The van der Waals surface area contributed by atoms with Gasteiger partial charge in [-0.05, 0) is 18.2 Å². The van der Waals surface area contributed by atoms with Gasteiger partial charge in [0, 0.05) is 12.3 Å². The van der Waals surface area contributed by atoms with Gasteiger partial charge in [-0.15, -0.1) is 0 Å². The van der Waals surface area contributed by atoms with Gasteiger partial charge >= 0.3 is 0 Å². The van der Waals surface area contributed by atoms with Gasteiger partial charge in [0.05, 0.1) is 24.8 Å². The Hall–Kier alpha value is -2.85. The number of hydrogen-bond acceptors (Lipinski definition) is 7. The molecule has 3 rings (SSSR count). The molecular weight excluding hydrogens is 398 g/mol. The lowest BCUT2D eigenvalue weighted by molar-refractivity contribution is -0.116. The van der Waals surface area contributed by atoms with Crippen molar-refractivity contribution in [2.75, 3.05) is 26.1 Å². The second-order valence-corrected chi connectivity index (χ2v) is 7.70. The minimum Gasteiger partial charge on any atom is -0.493 e. The Kier molecular flexibility index (Phi) is 4.94. The molecule has 1 aromatic heterocycles. The van der Waals surface area contributed by atoms with Crippen molar-refractivity contribution in [1.29, 1.82) is 0 Å². The highest BCUT2D eigenvalue weighted by Gasteiger charge is 2.43. The van der Waals surface area contributed by atoms with Crippen LogP contribution in [0.25, 0.3) is 0 Å². The molecule has 9 nitrogen and oxygen atoms in total. The lowest BCUT2D eigenvalue weighted by atomic mass is 10.2. The van der Waals surface area contributed by atoms with Crippen LogP contribution in [0.1, 0.15) is 10.4 Å². The zero-order valence-corrected chi connectivity index (χ0v) is 15.8. The first-order valence-electron chi connectivity index (χ1n) is 7.52. The number of hydrogen-bond donors (Lipinski definition) is 1. The van der Waals surface area contributed by atoms with E-state index in [4.69, 9.17) is 21.1 Å². The Bertz CT molecular complexity index is 1020. The quantitative estimate of drug-likeness (QED) is 0.793. The number of carbonyl (C=O) groups excluding carboxylic acids is 2. The van der Waals surface area contributed by atoms with E-state index in [2.05, 4.69) is 10.3 Å². The van der Waals surface area contributed by atoms with Crippen molar-refractivity contribution >= 4 is 39.3 Å². The Morgan fingerprint density at radius 2 is 1.89 bits per heavy atom. The van der Waals surface area contributed by atoms with E-state index in [1.807, 2.05) is 0 Å². The molecule has 0 aliphatic carbocycles. The molecule has 1 aliphatic heterocycles. The SMILES string of the molecule is COc1cc2c(cc1OC)S(=O)(=O)N(CC(=O)Nc1ccc(Cl)cn1)C2=O. The second-order valence-electron chi connectivity index (χ2n) is 5.43. The van der Waals surface area contributed by atoms with Crippen LogP contribution >= 0.6 is 11.6 Å². The van der Waals surface area contributed by atoms with Gasteiger partial charge in [0.2, 0.25) is 5.91 Å². The smallest absolute Gasteiger partial charge is 0.269 e. The summed E-state index contributed by atoms with van der Waals surface area (Å²) in [6, 6.07) is 5.42. The van der Waals surface area contributed by atoms with Crippen LogP contribution in [0.15, 0.2) is 35.4 Å². The molecule has 0 spiro atoms. The number of anilines is 1. The molecule has 0 radical (unpaired) electrons. The maximum absolute atomic E-state index is 12.7. The van der Waals surface area contributed by atoms with Gasteiger partial charge < -0.3 is 14.8 Å². The van der Waals surface area contributed by atoms with E-state index >= 15 is 0 Å². The number of fused-ring (bicyclic) bond motifs is 1. The normalized spacial score (nSPS) is 14.6. The third kappa shape index (κ3) is 3.40. The molecule has 0 saturated carbocycles. The molecule has 2 heterocycles. The number of sulfonamides is 1. The summed E-state index contributed by atoms with van der Waals surface area (Å²) in [5.74, 6) is -1.02. The first kappa shape index (κ1) is 18.9. The number of rotatable bonds is 5. The minimum atomic E-state index is -4.20. The monoisotopic (exact) mass is 411 g/mol. The standard InChI is InChI=1S/C16H14ClN3O6S/c1-25-11-5-10-13(6-12(11)26-2)27(23,24)20(16(10)22)8-15(21)19-14-4-3-9(17)7-18-14/h3-7H,8H2,1-2H3,(H,18,19,21). The van der Waals surface area contributed by atoms with E-state index < -0.39 is 28.4 Å². The molecule has 2 aromatic rings. The van der Waals surface area contributed by atoms with Crippen molar-refractivity contribution < 1.29 is 27.5 Å². The number of amides is 2. The Morgan fingerprint density at radius 3 is 2.48 bits per heavy atom. The summed E-state index contributed by atoms with van der Waals surface area (Å²) in [7, 11) is -1.49. The molecule has 1 aromatic carbocycles. The van der Waals surface area contributed by atoms with Crippen molar-refractivity contribution in [3.63, 3.8) is 0 Å². The number of nitrogens with zero attached hydrogens (tertiary/aromatic N) is 2. The number of halogens is 1. The Balaban J connectivity index is 1.87. The van der Waals surface area contributed by atoms with Gasteiger partial charge in [0.25, 0.3) is 15.9 Å². The van der Waals surface area contributed by atoms with Crippen molar-refractivity contribution in [1.82, 2.24) is 9.29 Å². The highest BCUT2D eigenvalue weighted by Crippen LogP contribution is 2.38. The zero-order chi connectivity index (χ0) is 19.8. The summed E-state index contributed by atoms with van der Waals surface area (Å²) in [5, 5.41) is 2.79. The summed E-state index contributed by atoms with van der Waals surface area (Å²) in [6.45, 7) is -0.704. The van der Waals surface area contributed by atoms with E-state index in [0.29, 0.717) is 9.33 Å². The van der Waals surface area contributed by atoms with Crippen LogP contribution < -0.4 is 14.8 Å². The molecule has 142 valence electrons. The molecule has 11 heteroatoms. The van der Waals surface area contributed by atoms with Crippen LogP contribution in [0.3, 0.4) is 0 Å². The van der Waals surface area contributed by atoms with Crippen LogP contribution in [0.5, 0.6) is 11.5 Å². The number of ether oxygens (including phenoxy) is 2. The maximum Gasteiger partial charge on any atom is 0.269 e. The lowest BCUT2D eigenvalue weighted by Gasteiger charge is -2.14. The van der Waals surface area contributed by atoms with Gasteiger partial charge in [-0.3, -0.25) is 9.59 Å². The first-order valence-corrected chi connectivity index (χ1v) is 9.34. The lowest BCUT2D eigenvalue weighted by Crippen LogP contribution is -2.37. The number of pyridine rings is 1. The molecule has 2 amide bonds. The van der Waals surface area contributed by atoms with Crippen molar-refractivity contribution in [2.24, 2.45) is 0 Å². The van der Waals surface area contributed by atoms with E-state index in [9.17, 15) is 18.0 Å². The number of aromatic nitrogens is 1. The highest BCUT2D eigenvalue weighted by molar-refractivity contribution is 7.90. The number of carbonyl (C=O) groups is 2. The molecule has 0 unspecified atom stereocenters. The first-order chi connectivity index (χ1) is 12.8. The van der Waals surface area contributed by atoms with E-state index in [1.165, 1.54) is 44.7 Å². The van der Waals surface area contributed by atoms with Crippen LogP contribution in [0, 0.1) is 0 Å². The van der Waals surface area contributed by atoms with E-state index in [0.717, 1.165) is 0 Å². The third-order valence-electron chi connectivity index (χ3n) is 3.79. The molecule has 1 N–H and O–H groups in total. The average Bonchev–Trinajstić information content (AvgIpc) is 2.82. The molecule has 0 fully saturated rings. The highest BCUT2D eigenvalue weighted by atomic mass is 35.5. The van der Waals surface area contributed by atoms with Gasteiger partial charge in [-0.25, -0.2) is 17.7 Å². The molecule has 1 aliphatic rings. The topological polar surface area (TPSA) is 115 Å². The molecular formula is C16H14ClN3O6S. The fourth-order valence-electron chi connectivity index (χ4n) is 2.52. The van der Waals surface area contributed by atoms with Crippen molar-refractivity contribution in [2.45, 2.75) is 4.90 Å². The average molecular weight is 412 g/mol. The number of methoxy groups -OCH3 is 2. The molecule has 0 saturated heterocycles. The molecule has 27 heavy (non-hydrogen) atoms. The van der Waals surface area contributed by atoms with Gasteiger partial charge in [-0.1, -0.05) is 11.6 Å². The second kappa shape index (κ2) is 7.05. The van der Waals surface area contributed by atoms with Crippen LogP contribution in [0.4, 0.5) is 5.82 Å². The van der Waals surface area contributed by atoms with Crippen molar-refractivity contribution in [3.8, 4) is 11.5 Å². The van der Waals surface area contributed by atoms with Crippen LogP contribution in [-0.4, -0.2) is 50.3 Å². The van der Waals surface area contributed by atoms with Crippen molar-refractivity contribution in [3.05, 3.63) is 41.0 Å². The minimum absolute atomic E-state index is 0.0925. The predicted octanol–water partition coefficient (Wildman–Crippen LogP) is 1.54. The largest absolute Gasteiger partial charge is 0.493 e. The maximum atomic E-state index is 12.7. The zero-order valence-electron chi connectivity index (χ0n) is 14.2. The predicted molar refractivity (Wildman–Crippen MR) is 95.6 cm³/mol. The van der Waals surface area contributed by atoms with E-state index in [-0.39, 0.29) is 27.8 Å². The third-order valence-corrected chi connectivity index (χ3v) is 5.79. The summed E-state index contributed by atoms with van der Waals surface area (Å²) in [6.07, 6.45) is 1.32. The van der Waals surface area contributed by atoms with E-state index in [1.54, 1.807) is 0 Å². The Labute approximate surface area is 159 Å². The number of nitrogens with one attached hydrogen (secondary N) is 1. The van der Waals surface area contributed by atoms with Gasteiger partial charge in [-0.2, -0.15) is 0 Å². The summed E-state index contributed by atoms with van der Waals surface area (Å²) in [5.41, 5.74) is -0.0925. The summed E-state index contributed by atoms with van der Waals surface area (Å²) >= 11 is 5.72. The van der Waals surface area contributed by atoms with Crippen LogP contribution in [0.2, 0.25) is 5.02 Å². The summed E-state index contributed by atoms with van der Waals surface area (Å²) < 4.78 is 36.0. The Morgan fingerprint density at radius 1 is 1.22 bits per heavy atom. The fourth-order valence-corrected chi connectivity index (χ4v) is 4.16. The molecule has 0 atom stereocenters. The summed E-state index contributed by atoms with van der Waals surface area (Å²) in [4.78, 5) is 28.4. The number of benzene rings is 1. The van der Waals surface area contributed by atoms with Crippen LogP contribution in [-0.2, 0) is 14.8 Å².